The fourth-order valence-electron chi connectivity index (χ4n) is 1.55. The van der Waals surface area contributed by atoms with E-state index in [-0.39, 0.29) is 11.1 Å². The lowest BCUT2D eigenvalue weighted by Crippen LogP contribution is -2.45. The normalized spacial score (nSPS) is 10.9. The topological polar surface area (TPSA) is 78.4 Å². The van der Waals surface area contributed by atoms with Crippen molar-refractivity contribution >= 4 is 17.7 Å². The van der Waals surface area contributed by atoms with Gasteiger partial charge in [-0.05, 0) is 38.8 Å². The summed E-state index contributed by atoms with van der Waals surface area (Å²) in [5.41, 5.74) is 0.795. The molecule has 0 aromatic heterocycles. The van der Waals surface area contributed by atoms with E-state index >= 15 is 0 Å². The van der Waals surface area contributed by atoms with E-state index in [1.807, 2.05) is 20.8 Å². The molecule has 5 heteroatoms. The highest BCUT2D eigenvalue weighted by molar-refractivity contribution is 6.01. The van der Waals surface area contributed by atoms with Crippen LogP contribution in [0, 0.1) is 6.92 Å². The molecule has 0 heterocycles. The molecule has 0 unspecified atom stereocenters. The van der Waals surface area contributed by atoms with Gasteiger partial charge in [-0.15, -0.1) is 0 Å². The van der Waals surface area contributed by atoms with Crippen LogP contribution in [0.25, 0.3) is 0 Å². The second-order valence-corrected chi connectivity index (χ2v) is 5.12. The van der Waals surface area contributed by atoms with E-state index in [1.165, 1.54) is 6.07 Å². The molecule has 3 N–H and O–H groups in total. The smallest absolute Gasteiger partial charge is 0.337 e. The zero-order valence-corrected chi connectivity index (χ0v) is 11.7. The number of benzene rings is 1. The molecule has 0 saturated heterocycles. The van der Waals surface area contributed by atoms with Crippen LogP contribution in [0.3, 0.4) is 0 Å². The lowest BCUT2D eigenvalue weighted by molar-refractivity contribution is 0.0698. The third-order valence-electron chi connectivity index (χ3n) is 3.08. The summed E-state index contributed by atoms with van der Waals surface area (Å²) in [5, 5.41) is 14.5. The number of carbonyl (C=O) groups excluding carboxylic acids is 1. The van der Waals surface area contributed by atoms with Crippen molar-refractivity contribution in [2.75, 3.05) is 5.32 Å². The van der Waals surface area contributed by atoms with Crippen LogP contribution in [0.4, 0.5) is 10.5 Å². The molecule has 0 atom stereocenters. The minimum absolute atomic E-state index is 0.0875. The Hall–Kier alpha value is -2.04. The molecule has 104 valence electrons. The van der Waals surface area contributed by atoms with Gasteiger partial charge in [0.1, 0.15) is 0 Å². The van der Waals surface area contributed by atoms with E-state index < -0.39 is 12.0 Å². The number of nitrogens with one attached hydrogen (secondary N) is 2. The number of hydrogen-bond acceptors (Lipinski definition) is 2. The maximum atomic E-state index is 11.9. The van der Waals surface area contributed by atoms with E-state index in [2.05, 4.69) is 10.6 Å². The number of urea groups is 1. The maximum Gasteiger partial charge on any atom is 0.337 e. The first-order valence-electron chi connectivity index (χ1n) is 6.19. The average Bonchev–Trinajstić information content (AvgIpc) is 2.30. The predicted molar refractivity (Wildman–Crippen MR) is 74.7 cm³/mol. The van der Waals surface area contributed by atoms with Crippen LogP contribution in [0.2, 0.25) is 0 Å². The standard InChI is InChI=1S/C14H20N2O3/c1-5-14(3,4)16-13(19)15-11-9(2)7-6-8-10(11)12(17)18/h6-8H,5H2,1-4H3,(H,17,18)(H2,15,16,19). The second-order valence-electron chi connectivity index (χ2n) is 5.12. The monoisotopic (exact) mass is 264 g/mol. The van der Waals surface area contributed by atoms with Crippen molar-refractivity contribution in [1.29, 1.82) is 0 Å². The number of carbonyl (C=O) groups is 2. The Kier molecular flexibility index (Phi) is 4.53. The molecule has 0 spiro atoms. The molecule has 0 aliphatic heterocycles. The van der Waals surface area contributed by atoms with Gasteiger partial charge in [0, 0.05) is 5.54 Å². The minimum Gasteiger partial charge on any atom is -0.478 e. The highest BCUT2D eigenvalue weighted by atomic mass is 16.4. The summed E-state index contributed by atoms with van der Waals surface area (Å²) in [6.07, 6.45) is 0.778. The Morgan fingerprint density at radius 1 is 1.32 bits per heavy atom. The molecule has 0 fully saturated rings. The van der Waals surface area contributed by atoms with Crippen molar-refractivity contribution in [3.63, 3.8) is 0 Å². The van der Waals surface area contributed by atoms with Gasteiger partial charge in [-0.25, -0.2) is 9.59 Å². The van der Waals surface area contributed by atoms with Crippen LogP contribution in [0.1, 0.15) is 43.1 Å². The Morgan fingerprint density at radius 3 is 2.47 bits per heavy atom. The predicted octanol–water partition coefficient (Wildman–Crippen LogP) is 3.00. The van der Waals surface area contributed by atoms with Crippen molar-refractivity contribution in [2.24, 2.45) is 0 Å². The summed E-state index contributed by atoms with van der Waals surface area (Å²) < 4.78 is 0. The van der Waals surface area contributed by atoms with Gasteiger partial charge in [0.25, 0.3) is 0 Å². The SMILES string of the molecule is CCC(C)(C)NC(=O)Nc1c(C)cccc1C(=O)O. The van der Waals surface area contributed by atoms with Gasteiger partial charge in [0.15, 0.2) is 0 Å². The molecule has 0 radical (unpaired) electrons. The van der Waals surface area contributed by atoms with Gasteiger partial charge in [-0.2, -0.15) is 0 Å². The van der Waals surface area contributed by atoms with E-state index in [4.69, 9.17) is 5.11 Å². The first kappa shape index (κ1) is 15.0. The highest BCUT2D eigenvalue weighted by Gasteiger charge is 2.20. The molecule has 0 bridgehead atoms. The number of rotatable bonds is 4. The number of carboxylic acid groups (broad SMARTS) is 1. The summed E-state index contributed by atoms with van der Waals surface area (Å²) in [6.45, 7) is 7.54. The van der Waals surface area contributed by atoms with Gasteiger partial charge in [-0.3, -0.25) is 0 Å². The molecule has 0 saturated carbocycles. The van der Waals surface area contributed by atoms with E-state index in [9.17, 15) is 9.59 Å². The van der Waals surface area contributed by atoms with Crippen LogP contribution in [0.15, 0.2) is 18.2 Å². The van der Waals surface area contributed by atoms with Crippen molar-refractivity contribution in [3.05, 3.63) is 29.3 Å². The van der Waals surface area contributed by atoms with Crippen molar-refractivity contribution in [3.8, 4) is 0 Å². The molecule has 2 amide bonds. The zero-order valence-electron chi connectivity index (χ0n) is 11.7. The van der Waals surface area contributed by atoms with Crippen LogP contribution < -0.4 is 10.6 Å². The first-order valence-corrected chi connectivity index (χ1v) is 6.19. The van der Waals surface area contributed by atoms with E-state index in [0.717, 1.165) is 6.42 Å². The van der Waals surface area contributed by atoms with Gasteiger partial charge in [0.2, 0.25) is 0 Å². The molecule has 5 nitrogen and oxygen atoms in total. The maximum absolute atomic E-state index is 11.9. The molecule has 0 aliphatic carbocycles. The first-order chi connectivity index (χ1) is 8.76. The largest absolute Gasteiger partial charge is 0.478 e. The number of aromatic carboxylic acids is 1. The molecule has 19 heavy (non-hydrogen) atoms. The fourth-order valence-corrected chi connectivity index (χ4v) is 1.55. The number of anilines is 1. The summed E-state index contributed by atoms with van der Waals surface area (Å²) in [6, 6.07) is 4.48. The summed E-state index contributed by atoms with van der Waals surface area (Å²) in [4.78, 5) is 23.0. The number of carboxylic acids is 1. The lowest BCUT2D eigenvalue weighted by Gasteiger charge is -2.25. The van der Waals surface area contributed by atoms with Crippen LogP contribution >= 0.6 is 0 Å². The summed E-state index contributed by atoms with van der Waals surface area (Å²) in [7, 11) is 0. The molecule has 0 aliphatic rings. The van der Waals surface area contributed by atoms with Crippen molar-refractivity contribution in [1.82, 2.24) is 5.32 Å². The Labute approximate surface area is 113 Å². The molecule has 1 rings (SSSR count). The van der Waals surface area contributed by atoms with Crippen LogP contribution in [-0.2, 0) is 0 Å². The number of amides is 2. The van der Waals surface area contributed by atoms with Crippen molar-refractivity contribution < 1.29 is 14.7 Å². The van der Waals surface area contributed by atoms with Gasteiger partial charge < -0.3 is 15.7 Å². The Bertz CT molecular complexity index is 495. The molecule has 1 aromatic rings. The quantitative estimate of drug-likeness (QED) is 0.782. The Morgan fingerprint density at radius 2 is 1.95 bits per heavy atom. The average molecular weight is 264 g/mol. The number of aryl methyl sites for hydroxylation is 1. The van der Waals surface area contributed by atoms with Gasteiger partial charge in [0.05, 0.1) is 11.3 Å². The summed E-state index contributed by atoms with van der Waals surface area (Å²) in [5.74, 6) is -1.06. The molecule has 1 aromatic carbocycles. The second kappa shape index (κ2) is 5.73. The van der Waals surface area contributed by atoms with Gasteiger partial charge >= 0.3 is 12.0 Å². The van der Waals surface area contributed by atoms with Crippen LogP contribution in [0.5, 0.6) is 0 Å². The fraction of sp³-hybridized carbons (Fsp3) is 0.429. The van der Waals surface area contributed by atoms with E-state index in [0.29, 0.717) is 11.3 Å². The molecular formula is C14H20N2O3. The number of para-hydroxylation sites is 1. The minimum atomic E-state index is -1.06. The third kappa shape index (κ3) is 3.98. The lowest BCUT2D eigenvalue weighted by atomic mass is 10.0. The third-order valence-corrected chi connectivity index (χ3v) is 3.08. The Balaban J connectivity index is 2.94. The van der Waals surface area contributed by atoms with Gasteiger partial charge in [-0.1, -0.05) is 19.1 Å². The highest BCUT2D eigenvalue weighted by Crippen LogP contribution is 2.20. The van der Waals surface area contributed by atoms with Crippen LogP contribution in [-0.4, -0.2) is 22.6 Å². The summed E-state index contributed by atoms with van der Waals surface area (Å²) >= 11 is 0. The molecular weight excluding hydrogens is 244 g/mol. The number of hydrogen-bond donors (Lipinski definition) is 3. The zero-order chi connectivity index (χ0) is 14.6. The van der Waals surface area contributed by atoms with E-state index in [1.54, 1.807) is 19.1 Å². The van der Waals surface area contributed by atoms with Crippen molar-refractivity contribution in [2.45, 2.75) is 39.7 Å².